The number of benzene rings is 1. The lowest BCUT2D eigenvalue weighted by Gasteiger charge is -2.28. The van der Waals surface area contributed by atoms with E-state index >= 15 is 0 Å². The highest BCUT2D eigenvalue weighted by Crippen LogP contribution is 2.30. The maximum absolute atomic E-state index is 13.1. The number of rotatable bonds is 3. The summed E-state index contributed by atoms with van der Waals surface area (Å²) in [5.41, 5.74) is -0.487. The average Bonchev–Trinajstić information content (AvgIpc) is 3.17. The summed E-state index contributed by atoms with van der Waals surface area (Å²) in [5.74, 6) is 0.0884. The van der Waals surface area contributed by atoms with Crippen molar-refractivity contribution >= 4 is 31.4 Å². The maximum atomic E-state index is 13.1. The Morgan fingerprint density at radius 2 is 1.45 bits per heavy atom. The largest absolute Gasteiger partial charge is 0.443 e. The zero-order valence-corrected chi connectivity index (χ0v) is 19.7. The van der Waals surface area contributed by atoms with E-state index in [0.29, 0.717) is 16.1 Å². The van der Waals surface area contributed by atoms with Gasteiger partial charge in [-0.05, 0) is 53.7 Å². The normalized spacial score (nSPS) is 11.7. The molecule has 0 fully saturated rings. The van der Waals surface area contributed by atoms with Crippen molar-refractivity contribution in [2.75, 3.05) is 4.90 Å². The summed E-state index contributed by atoms with van der Waals surface area (Å²) < 4.78 is 16.7. The molecule has 0 aliphatic carbocycles. The molecule has 2 amide bonds. The first kappa shape index (κ1) is 23.9. The fourth-order valence-electron chi connectivity index (χ4n) is 2.66. The number of amides is 2. The monoisotopic (exact) mass is 451 g/mol. The van der Waals surface area contributed by atoms with E-state index in [1.807, 2.05) is 30.3 Å². The van der Waals surface area contributed by atoms with Gasteiger partial charge in [-0.3, -0.25) is 4.98 Å². The molecule has 0 spiro atoms. The zero-order valence-electron chi connectivity index (χ0n) is 19.7. The highest BCUT2D eigenvalue weighted by atomic mass is 16.6. The van der Waals surface area contributed by atoms with Gasteiger partial charge in [-0.25, -0.2) is 14.6 Å². The fraction of sp³-hybridized carbons (Fsp3) is 0.364. The Kier molecular flexibility index (Phi) is 6.52. The molecule has 3 aromatic rings. The molecule has 172 valence electrons. The van der Waals surface area contributed by atoms with Crippen molar-refractivity contribution in [3.63, 3.8) is 0 Å². The Morgan fingerprint density at radius 1 is 0.909 bits per heavy atom. The van der Waals surface area contributed by atoms with Crippen LogP contribution in [0.25, 0.3) is 23.0 Å². The molecule has 1 aromatic carbocycles. The molecular weight excluding hydrogens is 425 g/mol. The van der Waals surface area contributed by atoms with Crippen LogP contribution in [0, 0.1) is 0 Å². The van der Waals surface area contributed by atoms with Crippen LogP contribution in [0.15, 0.2) is 40.9 Å². The van der Waals surface area contributed by atoms with Gasteiger partial charge in [0.1, 0.15) is 11.2 Å². The van der Waals surface area contributed by atoms with Crippen molar-refractivity contribution < 1.29 is 23.5 Å². The minimum atomic E-state index is -0.973. The minimum absolute atomic E-state index is 0.0165. The first-order valence-corrected chi connectivity index (χ1v) is 10.3. The van der Waals surface area contributed by atoms with Gasteiger partial charge in [-0.15, -0.1) is 10.2 Å². The molecule has 2 aromatic heterocycles. The number of hydrogen-bond donors (Lipinski definition) is 0. The second-order valence-corrected chi connectivity index (χ2v) is 9.26. The van der Waals surface area contributed by atoms with Crippen molar-refractivity contribution in [2.24, 2.45) is 0 Å². The van der Waals surface area contributed by atoms with Crippen LogP contribution in [0.3, 0.4) is 0 Å². The summed E-state index contributed by atoms with van der Waals surface area (Å²) in [6.45, 7) is 10.1. The molecule has 3 rings (SSSR count). The molecule has 0 bridgehead atoms. The highest BCUT2D eigenvalue weighted by Gasteiger charge is 2.36. The Hall–Kier alpha value is -3.76. The maximum Gasteiger partial charge on any atom is 0.425 e. The molecule has 0 saturated heterocycles. The van der Waals surface area contributed by atoms with E-state index in [-0.39, 0.29) is 23.3 Å². The lowest BCUT2D eigenvalue weighted by atomic mass is 10.1. The molecule has 0 N–H and O–H groups in total. The first-order valence-electron chi connectivity index (χ1n) is 10.3. The molecular formula is C22H26BN5O5. The lowest BCUT2D eigenvalue weighted by molar-refractivity contribution is 0.0429. The Morgan fingerprint density at radius 3 is 2.00 bits per heavy atom. The van der Waals surface area contributed by atoms with Crippen LogP contribution < -0.4 is 10.5 Å². The van der Waals surface area contributed by atoms with Gasteiger partial charge in [0.2, 0.25) is 5.89 Å². The molecule has 10 nitrogen and oxygen atoms in total. The van der Waals surface area contributed by atoms with Crippen LogP contribution in [-0.4, -0.2) is 51.4 Å². The van der Waals surface area contributed by atoms with Crippen LogP contribution >= 0.6 is 0 Å². The van der Waals surface area contributed by atoms with Crippen molar-refractivity contribution in [3.05, 3.63) is 36.5 Å². The molecule has 33 heavy (non-hydrogen) atoms. The van der Waals surface area contributed by atoms with E-state index in [1.165, 1.54) is 6.20 Å². The quantitative estimate of drug-likeness (QED) is 0.553. The van der Waals surface area contributed by atoms with Gasteiger partial charge in [0.25, 0.3) is 5.89 Å². The summed E-state index contributed by atoms with van der Waals surface area (Å²) >= 11 is 0. The highest BCUT2D eigenvalue weighted by molar-refractivity contribution is 6.30. The molecule has 0 aliphatic heterocycles. The van der Waals surface area contributed by atoms with Gasteiger partial charge in [0, 0.05) is 17.4 Å². The van der Waals surface area contributed by atoms with E-state index in [2.05, 4.69) is 20.2 Å². The molecule has 0 radical (unpaired) electrons. The third-order valence-corrected chi connectivity index (χ3v) is 3.89. The van der Waals surface area contributed by atoms with E-state index in [0.717, 1.165) is 0 Å². The van der Waals surface area contributed by atoms with Gasteiger partial charge < -0.3 is 13.9 Å². The molecule has 0 unspecified atom stereocenters. The number of nitrogens with zero attached hydrogens (tertiary/aromatic N) is 5. The predicted molar refractivity (Wildman–Crippen MR) is 124 cm³/mol. The summed E-state index contributed by atoms with van der Waals surface area (Å²) in [5, 5.41) is 8.13. The zero-order chi connectivity index (χ0) is 24.4. The molecule has 11 heteroatoms. The van der Waals surface area contributed by atoms with Gasteiger partial charge in [0.15, 0.2) is 19.4 Å². The van der Waals surface area contributed by atoms with Crippen LogP contribution in [0.5, 0.6) is 0 Å². The summed E-state index contributed by atoms with van der Waals surface area (Å²) in [4.78, 5) is 35.5. The fourth-order valence-corrected chi connectivity index (χ4v) is 2.66. The number of aromatic nitrogens is 4. The second kappa shape index (κ2) is 9.01. The van der Waals surface area contributed by atoms with E-state index in [1.54, 1.807) is 49.4 Å². The van der Waals surface area contributed by atoms with Crippen LogP contribution in [0.2, 0.25) is 0 Å². The summed E-state index contributed by atoms with van der Waals surface area (Å²) in [6, 6.07) is 9.17. The number of carbonyl (C=O) groups excluding carboxylic acids is 2. The SMILES string of the molecule is Bc1cnc(N(C(=O)OC(C)(C)C)C(=O)OC(C)(C)C)c(-c2nnc(-c3ccccc3)o2)n1. The molecule has 0 saturated carbocycles. The number of carbonyl (C=O) groups is 2. The summed E-state index contributed by atoms with van der Waals surface area (Å²) in [7, 11) is 1.71. The van der Waals surface area contributed by atoms with Crippen LogP contribution in [0.4, 0.5) is 15.4 Å². The number of hydrogen-bond acceptors (Lipinski definition) is 9. The number of ether oxygens (including phenoxy) is 2. The second-order valence-electron chi connectivity index (χ2n) is 9.26. The number of anilines is 1. The van der Waals surface area contributed by atoms with Crippen molar-refractivity contribution in [1.82, 2.24) is 20.2 Å². The first-order chi connectivity index (χ1) is 15.3. The van der Waals surface area contributed by atoms with E-state index in [4.69, 9.17) is 13.9 Å². The third-order valence-electron chi connectivity index (χ3n) is 3.89. The Bertz CT molecular complexity index is 1120. The van der Waals surface area contributed by atoms with Gasteiger partial charge in [-0.2, -0.15) is 4.90 Å². The van der Waals surface area contributed by atoms with E-state index in [9.17, 15) is 9.59 Å². The van der Waals surface area contributed by atoms with E-state index < -0.39 is 23.4 Å². The topological polar surface area (TPSA) is 121 Å². The minimum Gasteiger partial charge on any atom is -0.443 e. The number of imide groups is 1. The molecule has 0 aliphatic rings. The van der Waals surface area contributed by atoms with Crippen molar-refractivity contribution in [3.8, 4) is 23.0 Å². The Labute approximate surface area is 192 Å². The van der Waals surface area contributed by atoms with Crippen LogP contribution in [-0.2, 0) is 9.47 Å². The molecule has 2 heterocycles. The van der Waals surface area contributed by atoms with Gasteiger partial charge >= 0.3 is 12.2 Å². The lowest BCUT2D eigenvalue weighted by Crippen LogP contribution is -2.44. The van der Waals surface area contributed by atoms with Gasteiger partial charge in [0.05, 0.1) is 0 Å². The third kappa shape index (κ3) is 6.15. The van der Waals surface area contributed by atoms with Gasteiger partial charge in [-0.1, -0.05) is 18.2 Å². The molecule has 0 atom stereocenters. The summed E-state index contributed by atoms with van der Waals surface area (Å²) in [6.07, 6.45) is -0.535. The van der Waals surface area contributed by atoms with Crippen LogP contribution in [0.1, 0.15) is 41.5 Å². The van der Waals surface area contributed by atoms with Crippen molar-refractivity contribution in [1.29, 1.82) is 0 Å². The Balaban J connectivity index is 2.11. The smallest absolute Gasteiger partial charge is 0.425 e. The predicted octanol–water partition coefficient (Wildman–Crippen LogP) is 3.13. The average molecular weight is 451 g/mol. The van der Waals surface area contributed by atoms with Crippen molar-refractivity contribution in [2.45, 2.75) is 52.7 Å². The standard InChI is InChI=1S/C22H26BN5O5/c1-21(2,3)32-19(29)28(20(30)33-22(4,5)6)16-15(25-14(23)12-24-16)18-27-26-17(31-18)13-10-8-7-9-11-13/h7-12H,23H2,1-6H3.